The summed E-state index contributed by atoms with van der Waals surface area (Å²) in [6.45, 7) is 1.93. The lowest BCUT2D eigenvalue weighted by Gasteiger charge is -2.37. The molecule has 0 fully saturated rings. The quantitative estimate of drug-likeness (QED) is 0.371. The van der Waals surface area contributed by atoms with Crippen LogP contribution in [0, 0.1) is 16.0 Å². The van der Waals surface area contributed by atoms with Crippen LogP contribution >= 0.6 is 11.6 Å². The number of rotatable bonds is 6. The lowest BCUT2D eigenvalue weighted by atomic mass is 9.71. The summed E-state index contributed by atoms with van der Waals surface area (Å²) in [5, 5.41) is 14.7. The maximum atomic E-state index is 13.2. The van der Waals surface area contributed by atoms with Gasteiger partial charge in [-0.1, -0.05) is 54.1 Å². The standard InChI is InChI=1S/C25H23ClN2O5/c1-15-22(25(30)33-13-12-16-6-3-2-4-7-16)23(24-19(27-15)8-5-9-21(24)29)17-10-11-18(26)20(14-17)28(31)32/h2-4,6-8,10-11,14,23-24,27H,5,9,12-13H2,1H3. The number of carbonyl (C=O) groups excluding carboxylic acids is 2. The molecule has 0 bridgehead atoms. The third kappa shape index (κ3) is 4.68. The van der Waals surface area contributed by atoms with Gasteiger partial charge in [-0.3, -0.25) is 14.9 Å². The lowest BCUT2D eigenvalue weighted by molar-refractivity contribution is -0.384. The van der Waals surface area contributed by atoms with Crippen molar-refractivity contribution in [2.75, 3.05) is 6.61 Å². The van der Waals surface area contributed by atoms with E-state index in [0.29, 0.717) is 41.8 Å². The normalized spacial score (nSPS) is 19.9. The molecule has 2 aromatic rings. The van der Waals surface area contributed by atoms with E-state index in [2.05, 4.69) is 5.32 Å². The van der Waals surface area contributed by atoms with E-state index in [0.717, 1.165) is 5.56 Å². The molecule has 2 aliphatic rings. The first-order valence-corrected chi connectivity index (χ1v) is 11.1. The van der Waals surface area contributed by atoms with Gasteiger partial charge in [-0.05, 0) is 30.5 Å². The van der Waals surface area contributed by atoms with Crippen molar-refractivity contribution in [3.63, 3.8) is 0 Å². The number of esters is 1. The first-order chi connectivity index (χ1) is 15.9. The summed E-state index contributed by atoms with van der Waals surface area (Å²) < 4.78 is 5.60. The Balaban J connectivity index is 1.70. The Bertz CT molecular complexity index is 1170. The number of nitro benzene ring substituents is 1. The number of carbonyl (C=O) groups is 2. The van der Waals surface area contributed by atoms with E-state index < -0.39 is 22.7 Å². The molecule has 0 aromatic heterocycles. The molecule has 33 heavy (non-hydrogen) atoms. The predicted molar refractivity (Wildman–Crippen MR) is 124 cm³/mol. The van der Waals surface area contributed by atoms with Crippen LogP contribution in [0.2, 0.25) is 5.02 Å². The Labute approximate surface area is 196 Å². The summed E-state index contributed by atoms with van der Waals surface area (Å²) in [5.74, 6) is -1.91. The van der Waals surface area contributed by atoms with E-state index in [4.69, 9.17) is 16.3 Å². The molecule has 7 nitrogen and oxygen atoms in total. The van der Waals surface area contributed by atoms with Crippen LogP contribution in [0.4, 0.5) is 5.69 Å². The second-order valence-corrected chi connectivity index (χ2v) is 8.53. The van der Waals surface area contributed by atoms with Crippen molar-refractivity contribution in [1.29, 1.82) is 0 Å². The van der Waals surface area contributed by atoms with Gasteiger partial charge < -0.3 is 10.1 Å². The minimum absolute atomic E-state index is 0.00360. The summed E-state index contributed by atoms with van der Waals surface area (Å²) in [4.78, 5) is 37.1. The summed E-state index contributed by atoms with van der Waals surface area (Å²) in [7, 11) is 0. The van der Waals surface area contributed by atoms with Crippen LogP contribution in [0.1, 0.15) is 36.8 Å². The van der Waals surface area contributed by atoms with Crippen LogP contribution < -0.4 is 5.32 Å². The summed E-state index contributed by atoms with van der Waals surface area (Å²) in [5.41, 5.74) is 2.84. The van der Waals surface area contributed by atoms with E-state index in [1.807, 2.05) is 36.4 Å². The smallest absolute Gasteiger partial charge is 0.336 e. The average Bonchev–Trinajstić information content (AvgIpc) is 2.79. The van der Waals surface area contributed by atoms with Gasteiger partial charge in [-0.25, -0.2) is 4.79 Å². The number of nitro groups is 1. The molecule has 8 heteroatoms. The van der Waals surface area contributed by atoms with Gasteiger partial charge in [0.15, 0.2) is 0 Å². The van der Waals surface area contributed by atoms with Gasteiger partial charge in [0, 0.05) is 36.2 Å². The van der Waals surface area contributed by atoms with Crippen LogP contribution in [0.5, 0.6) is 0 Å². The van der Waals surface area contributed by atoms with Gasteiger partial charge in [-0.15, -0.1) is 0 Å². The van der Waals surface area contributed by atoms with Crippen molar-refractivity contribution in [2.24, 2.45) is 5.92 Å². The van der Waals surface area contributed by atoms with E-state index in [9.17, 15) is 19.7 Å². The molecule has 0 amide bonds. The van der Waals surface area contributed by atoms with Crippen molar-refractivity contribution in [2.45, 2.75) is 32.1 Å². The minimum Gasteiger partial charge on any atom is -0.462 e. The van der Waals surface area contributed by atoms with Gasteiger partial charge in [-0.2, -0.15) is 0 Å². The minimum atomic E-state index is -0.703. The van der Waals surface area contributed by atoms with Crippen molar-refractivity contribution < 1.29 is 19.2 Å². The highest BCUT2D eigenvalue weighted by Gasteiger charge is 2.43. The van der Waals surface area contributed by atoms with Crippen LogP contribution in [-0.2, 0) is 20.7 Å². The highest BCUT2D eigenvalue weighted by atomic mass is 35.5. The summed E-state index contributed by atoms with van der Waals surface area (Å²) >= 11 is 6.01. The zero-order chi connectivity index (χ0) is 23.5. The monoisotopic (exact) mass is 466 g/mol. The molecular formula is C25H23ClN2O5. The number of nitrogens with one attached hydrogen (secondary N) is 1. The molecule has 0 saturated heterocycles. The molecular weight excluding hydrogens is 444 g/mol. The largest absolute Gasteiger partial charge is 0.462 e. The molecule has 2 aromatic carbocycles. The van der Waals surface area contributed by atoms with E-state index in [-0.39, 0.29) is 23.1 Å². The first kappa shape index (κ1) is 22.7. The Morgan fingerprint density at radius 1 is 1.21 bits per heavy atom. The molecule has 2 atom stereocenters. The fourth-order valence-electron chi connectivity index (χ4n) is 4.49. The molecule has 0 radical (unpaired) electrons. The predicted octanol–water partition coefficient (Wildman–Crippen LogP) is 4.86. The highest BCUT2D eigenvalue weighted by Crippen LogP contribution is 2.45. The Hall–Kier alpha value is -3.45. The number of Topliss-reactive ketones (excluding diaryl/α,β-unsaturated/α-hetero) is 1. The number of ketones is 1. The van der Waals surface area contributed by atoms with Gasteiger partial charge in [0.05, 0.1) is 23.0 Å². The van der Waals surface area contributed by atoms with E-state index in [1.54, 1.807) is 13.0 Å². The summed E-state index contributed by atoms with van der Waals surface area (Å²) in [6, 6.07) is 14.1. The van der Waals surface area contributed by atoms with Gasteiger partial charge in [0.2, 0.25) is 0 Å². The Morgan fingerprint density at radius 2 is 1.97 bits per heavy atom. The van der Waals surface area contributed by atoms with Crippen LogP contribution in [-0.4, -0.2) is 23.3 Å². The molecule has 1 aliphatic carbocycles. The van der Waals surface area contributed by atoms with Crippen LogP contribution in [0.15, 0.2) is 71.6 Å². The maximum Gasteiger partial charge on any atom is 0.336 e. The second kappa shape index (κ2) is 9.58. The molecule has 1 aliphatic heterocycles. The topological polar surface area (TPSA) is 98.5 Å². The maximum absolute atomic E-state index is 13.2. The summed E-state index contributed by atoms with van der Waals surface area (Å²) in [6.07, 6.45) is 3.45. The Kier molecular flexibility index (Phi) is 6.60. The molecule has 1 N–H and O–H groups in total. The van der Waals surface area contributed by atoms with Gasteiger partial charge in [0.1, 0.15) is 10.8 Å². The molecule has 0 saturated carbocycles. The zero-order valence-electron chi connectivity index (χ0n) is 18.0. The highest BCUT2D eigenvalue weighted by molar-refractivity contribution is 6.32. The second-order valence-electron chi connectivity index (χ2n) is 8.12. The number of nitrogens with zero attached hydrogens (tertiary/aromatic N) is 1. The van der Waals surface area contributed by atoms with Crippen molar-refractivity contribution in [3.05, 3.63) is 97.8 Å². The van der Waals surface area contributed by atoms with Gasteiger partial charge >= 0.3 is 5.97 Å². The number of fused-ring (bicyclic) bond motifs is 1. The number of halogens is 1. The number of hydrogen-bond acceptors (Lipinski definition) is 6. The molecule has 1 heterocycles. The Morgan fingerprint density at radius 3 is 2.70 bits per heavy atom. The van der Waals surface area contributed by atoms with Crippen molar-refractivity contribution in [3.8, 4) is 0 Å². The van der Waals surface area contributed by atoms with Crippen molar-refractivity contribution in [1.82, 2.24) is 5.32 Å². The SMILES string of the molecule is CC1=C(C(=O)OCCc2ccccc2)C(c2ccc(Cl)c([N+](=O)[O-])c2)C2C(=O)CCC=C2N1. The fraction of sp³-hybridized carbons (Fsp3) is 0.280. The number of ether oxygens (including phenoxy) is 1. The number of allylic oxidation sites excluding steroid dienone is 3. The lowest BCUT2D eigenvalue weighted by Crippen LogP contribution is -2.40. The fourth-order valence-corrected chi connectivity index (χ4v) is 4.68. The molecule has 2 unspecified atom stereocenters. The third-order valence-electron chi connectivity index (χ3n) is 6.03. The average molecular weight is 467 g/mol. The van der Waals surface area contributed by atoms with E-state index >= 15 is 0 Å². The number of hydrogen-bond donors (Lipinski definition) is 1. The number of benzene rings is 2. The van der Waals surface area contributed by atoms with Crippen molar-refractivity contribution >= 4 is 29.0 Å². The molecule has 170 valence electrons. The molecule has 0 spiro atoms. The van der Waals surface area contributed by atoms with Crippen LogP contribution in [0.25, 0.3) is 0 Å². The molecule has 4 rings (SSSR count). The van der Waals surface area contributed by atoms with E-state index in [1.165, 1.54) is 12.1 Å². The third-order valence-corrected chi connectivity index (χ3v) is 6.35. The van der Waals surface area contributed by atoms with Crippen LogP contribution in [0.3, 0.4) is 0 Å². The zero-order valence-corrected chi connectivity index (χ0v) is 18.8. The van der Waals surface area contributed by atoms with Gasteiger partial charge in [0.25, 0.3) is 5.69 Å². The first-order valence-electron chi connectivity index (χ1n) is 10.7.